The Hall–Kier alpha value is -0.960. The molecular formula is C14H19F2N. The maximum atomic E-state index is 13.1. The SMILES string of the molecule is CCCNC(Cc1cc(F)cc(F)c1)C1CC1. The molecule has 0 heterocycles. The van der Waals surface area contributed by atoms with Crippen molar-refractivity contribution in [3.63, 3.8) is 0 Å². The molecule has 1 aromatic rings. The Balaban J connectivity index is 2.00. The van der Waals surface area contributed by atoms with E-state index < -0.39 is 11.6 Å². The number of hydrogen-bond donors (Lipinski definition) is 1. The predicted octanol–water partition coefficient (Wildman–Crippen LogP) is 3.29. The van der Waals surface area contributed by atoms with Crippen LogP contribution in [0.3, 0.4) is 0 Å². The van der Waals surface area contributed by atoms with E-state index in [1.165, 1.54) is 25.0 Å². The van der Waals surface area contributed by atoms with Gasteiger partial charge in [-0.25, -0.2) is 8.78 Å². The molecule has 0 bridgehead atoms. The van der Waals surface area contributed by atoms with Crippen molar-refractivity contribution in [2.24, 2.45) is 5.92 Å². The second-order valence-corrected chi connectivity index (χ2v) is 4.88. The van der Waals surface area contributed by atoms with E-state index in [-0.39, 0.29) is 0 Å². The van der Waals surface area contributed by atoms with Gasteiger partial charge in [-0.3, -0.25) is 0 Å². The van der Waals surface area contributed by atoms with Gasteiger partial charge >= 0.3 is 0 Å². The average molecular weight is 239 g/mol. The van der Waals surface area contributed by atoms with Crippen molar-refractivity contribution < 1.29 is 8.78 Å². The lowest BCUT2D eigenvalue weighted by molar-refractivity contribution is 0.457. The van der Waals surface area contributed by atoms with Crippen LogP contribution in [0.4, 0.5) is 8.78 Å². The minimum atomic E-state index is -0.481. The standard InChI is InChI=1S/C14H19F2N/c1-2-5-17-14(11-3-4-11)8-10-6-12(15)9-13(16)7-10/h6-7,9,11,14,17H,2-5,8H2,1H3. The van der Waals surface area contributed by atoms with Crippen LogP contribution >= 0.6 is 0 Å². The van der Waals surface area contributed by atoms with Crippen molar-refractivity contribution in [1.82, 2.24) is 5.32 Å². The summed E-state index contributed by atoms with van der Waals surface area (Å²) in [7, 11) is 0. The molecule has 17 heavy (non-hydrogen) atoms. The van der Waals surface area contributed by atoms with Crippen LogP contribution in [0.15, 0.2) is 18.2 Å². The van der Waals surface area contributed by atoms with Gasteiger partial charge in [-0.2, -0.15) is 0 Å². The van der Waals surface area contributed by atoms with E-state index in [9.17, 15) is 8.78 Å². The molecule has 1 aliphatic rings. The molecule has 1 fully saturated rings. The molecule has 1 aliphatic carbocycles. The molecule has 1 aromatic carbocycles. The first-order chi connectivity index (χ1) is 8.19. The molecule has 2 rings (SSSR count). The van der Waals surface area contributed by atoms with E-state index in [0.29, 0.717) is 12.0 Å². The van der Waals surface area contributed by atoms with E-state index >= 15 is 0 Å². The average Bonchev–Trinajstić information content (AvgIpc) is 3.06. The molecule has 1 nitrogen and oxygen atoms in total. The second-order valence-electron chi connectivity index (χ2n) is 4.88. The third-order valence-electron chi connectivity index (χ3n) is 3.23. The fourth-order valence-corrected chi connectivity index (χ4v) is 2.22. The van der Waals surface area contributed by atoms with E-state index in [1.807, 2.05) is 0 Å². The van der Waals surface area contributed by atoms with Crippen molar-refractivity contribution in [3.05, 3.63) is 35.4 Å². The highest BCUT2D eigenvalue weighted by Gasteiger charge is 2.30. The van der Waals surface area contributed by atoms with Crippen molar-refractivity contribution in [2.75, 3.05) is 6.54 Å². The first kappa shape index (κ1) is 12.5. The normalized spacial score (nSPS) is 17.1. The molecule has 94 valence electrons. The van der Waals surface area contributed by atoms with Crippen LogP contribution in [-0.4, -0.2) is 12.6 Å². The number of benzene rings is 1. The number of nitrogens with one attached hydrogen (secondary N) is 1. The van der Waals surface area contributed by atoms with Gasteiger partial charge in [-0.15, -0.1) is 0 Å². The van der Waals surface area contributed by atoms with E-state index in [1.54, 1.807) is 0 Å². The topological polar surface area (TPSA) is 12.0 Å². The van der Waals surface area contributed by atoms with Gasteiger partial charge in [0.1, 0.15) is 11.6 Å². The van der Waals surface area contributed by atoms with E-state index in [2.05, 4.69) is 12.2 Å². The molecule has 1 N–H and O–H groups in total. The Labute approximate surface area is 101 Å². The fraction of sp³-hybridized carbons (Fsp3) is 0.571. The number of hydrogen-bond acceptors (Lipinski definition) is 1. The second kappa shape index (κ2) is 5.58. The molecule has 3 heteroatoms. The first-order valence-electron chi connectivity index (χ1n) is 6.37. The Kier molecular flexibility index (Phi) is 4.11. The van der Waals surface area contributed by atoms with Crippen LogP contribution < -0.4 is 5.32 Å². The minimum Gasteiger partial charge on any atom is -0.313 e. The maximum absolute atomic E-state index is 13.1. The molecule has 0 radical (unpaired) electrons. The summed E-state index contributed by atoms with van der Waals surface area (Å²) in [4.78, 5) is 0. The Morgan fingerprint density at radius 3 is 2.41 bits per heavy atom. The Bertz CT molecular complexity index is 354. The monoisotopic (exact) mass is 239 g/mol. The van der Waals surface area contributed by atoms with Gasteiger partial charge in [-0.05, 0) is 55.8 Å². The van der Waals surface area contributed by atoms with Crippen molar-refractivity contribution in [2.45, 2.75) is 38.6 Å². The number of halogens is 2. The zero-order valence-corrected chi connectivity index (χ0v) is 10.2. The van der Waals surface area contributed by atoms with Crippen LogP contribution in [0.25, 0.3) is 0 Å². The summed E-state index contributed by atoms with van der Waals surface area (Å²) >= 11 is 0. The van der Waals surface area contributed by atoms with Crippen molar-refractivity contribution >= 4 is 0 Å². The lowest BCUT2D eigenvalue weighted by Crippen LogP contribution is -2.33. The summed E-state index contributed by atoms with van der Waals surface area (Å²) in [5.41, 5.74) is 0.753. The van der Waals surface area contributed by atoms with Crippen LogP contribution in [0.2, 0.25) is 0 Å². The molecule has 1 unspecified atom stereocenters. The zero-order chi connectivity index (χ0) is 12.3. The predicted molar refractivity (Wildman–Crippen MR) is 64.9 cm³/mol. The van der Waals surface area contributed by atoms with Gasteiger partial charge < -0.3 is 5.32 Å². The molecule has 1 saturated carbocycles. The smallest absolute Gasteiger partial charge is 0.126 e. The van der Waals surface area contributed by atoms with Crippen LogP contribution in [0.5, 0.6) is 0 Å². The molecule has 0 aromatic heterocycles. The number of rotatable bonds is 6. The van der Waals surface area contributed by atoms with Gasteiger partial charge in [0.2, 0.25) is 0 Å². The van der Waals surface area contributed by atoms with E-state index in [4.69, 9.17) is 0 Å². The summed E-state index contributed by atoms with van der Waals surface area (Å²) in [6.07, 6.45) is 4.28. The van der Waals surface area contributed by atoms with Gasteiger partial charge in [-0.1, -0.05) is 6.92 Å². The zero-order valence-electron chi connectivity index (χ0n) is 10.2. The summed E-state index contributed by atoms with van der Waals surface area (Å²) in [6.45, 7) is 3.10. The highest BCUT2D eigenvalue weighted by atomic mass is 19.1. The molecule has 0 aliphatic heterocycles. The Morgan fingerprint density at radius 1 is 1.24 bits per heavy atom. The van der Waals surface area contributed by atoms with Crippen molar-refractivity contribution in [1.29, 1.82) is 0 Å². The summed E-state index contributed by atoms with van der Waals surface area (Å²) in [5, 5.41) is 3.47. The lowest BCUT2D eigenvalue weighted by atomic mass is 10.0. The summed E-state index contributed by atoms with van der Waals surface area (Å²) < 4.78 is 26.2. The van der Waals surface area contributed by atoms with Crippen LogP contribution in [0.1, 0.15) is 31.7 Å². The van der Waals surface area contributed by atoms with Crippen LogP contribution in [-0.2, 0) is 6.42 Å². The molecular weight excluding hydrogens is 220 g/mol. The van der Waals surface area contributed by atoms with Gasteiger partial charge in [0, 0.05) is 12.1 Å². The quantitative estimate of drug-likeness (QED) is 0.803. The highest BCUT2D eigenvalue weighted by molar-refractivity contribution is 5.19. The molecule has 0 spiro atoms. The van der Waals surface area contributed by atoms with Gasteiger partial charge in [0.25, 0.3) is 0 Å². The Morgan fingerprint density at radius 2 is 1.88 bits per heavy atom. The lowest BCUT2D eigenvalue weighted by Gasteiger charge is -2.18. The third kappa shape index (κ3) is 3.77. The summed E-state index contributed by atoms with van der Waals surface area (Å²) in [6, 6.07) is 4.17. The molecule has 1 atom stereocenters. The highest BCUT2D eigenvalue weighted by Crippen LogP contribution is 2.34. The summed E-state index contributed by atoms with van der Waals surface area (Å²) in [5.74, 6) is -0.275. The maximum Gasteiger partial charge on any atom is 0.126 e. The van der Waals surface area contributed by atoms with Gasteiger partial charge in [0.15, 0.2) is 0 Å². The fourth-order valence-electron chi connectivity index (χ4n) is 2.22. The van der Waals surface area contributed by atoms with Crippen LogP contribution in [0, 0.1) is 17.6 Å². The first-order valence-corrected chi connectivity index (χ1v) is 6.37. The molecule has 0 saturated heterocycles. The van der Waals surface area contributed by atoms with Crippen molar-refractivity contribution in [3.8, 4) is 0 Å². The van der Waals surface area contributed by atoms with E-state index in [0.717, 1.165) is 31.0 Å². The molecule has 0 amide bonds. The minimum absolute atomic E-state index is 0.371. The third-order valence-corrected chi connectivity index (χ3v) is 3.23. The largest absolute Gasteiger partial charge is 0.313 e. The van der Waals surface area contributed by atoms with Gasteiger partial charge in [0.05, 0.1) is 0 Å².